The summed E-state index contributed by atoms with van der Waals surface area (Å²) < 4.78 is 17.4. The Morgan fingerprint density at radius 2 is 1.81 bits per heavy atom. The first-order valence-electron chi connectivity index (χ1n) is 15.3. The number of H-pyrrole nitrogens is 1. The fraction of sp³-hybridized carbons (Fsp3) is 0.594. The predicted molar refractivity (Wildman–Crippen MR) is 163 cm³/mol. The van der Waals surface area contributed by atoms with E-state index in [0.29, 0.717) is 5.92 Å². The number of aromatic nitrogens is 2. The normalized spacial score (nSPS) is 25.7. The minimum absolute atomic E-state index is 0.0628. The average molecular weight is 575 g/mol. The molecule has 2 saturated heterocycles. The number of alkyl carbamates (subject to hydrolysis) is 1. The second-order valence-electron chi connectivity index (χ2n) is 13.6. The van der Waals surface area contributed by atoms with Gasteiger partial charge in [-0.1, -0.05) is 51.0 Å². The molecule has 4 atom stereocenters. The van der Waals surface area contributed by atoms with Crippen LogP contribution < -0.4 is 10.8 Å². The number of fused-ring (bicyclic) bond motifs is 4. The summed E-state index contributed by atoms with van der Waals surface area (Å²) in [6.07, 6.45) is 4.63. The van der Waals surface area contributed by atoms with Crippen molar-refractivity contribution in [2.24, 2.45) is 11.8 Å². The molecule has 0 unspecified atom stereocenters. The van der Waals surface area contributed by atoms with E-state index in [0.717, 1.165) is 58.8 Å². The standard InChI is InChI=1S/C32H43BN4O5/c1-18(2)26(36-30(39)40-7)29(38)37-24-11-9-8-10-20(24)17-25(37)28-34-23-15-12-19-16-21(13-14-22(19)27(23)35-28)33-41-31(3,4)32(5,6)42-33/h12-16,18,20,24-26H,8-11,17H2,1-7H3,(H,34,35)(H,36,39)/t20-,24-,25-,26-/m0/s1. The molecule has 0 radical (unpaired) electrons. The highest BCUT2D eigenvalue weighted by Crippen LogP contribution is 2.46. The molecule has 0 bridgehead atoms. The molecule has 1 aromatic heterocycles. The molecule has 3 heterocycles. The number of carbonyl (C=O) groups excluding carboxylic acids is 2. The van der Waals surface area contributed by atoms with Crippen molar-refractivity contribution in [2.75, 3.05) is 7.11 Å². The van der Waals surface area contributed by atoms with E-state index in [9.17, 15) is 9.59 Å². The zero-order valence-corrected chi connectivity index (χ0v) is 25.8. The number of hydrogen-bond donors (Lipinski definition) is 2. The van der Waals surface area contributed by atoms with E-state index in [1.165, 1.54) is 13.5 Å². The zero-order valence-electron chi connectivity index (χ0n) is 25.8. The third-order valence-corrected chi connectivity index (χ3v) is 10.1. The summed E-state index contributed by atoms with van der Waals surface area (Å²) in [4.78, 5) is 37.0. The fourth-order valence-electron chi connectivity index (χ4n) is 7.00. The predicted octanol–water partition coefficient (Wildman–Crippen LogP) is 5.23. The quantitative estimate of drug-likeness (QED) is 0.405. The second-order valence-corrected chi connectivity index (χ2v) is 13.6. The van der Waals surface area contributed by atoms with E-state index >= 15 is 0 Å². The van der Waals surface area contributed by atoms with Crippen LogP contribution in [0.3, 0.4) is 0 Å². The van der Waals surface area contributed by atoms with Crippen molar-refractivity contribution in [1.29, 1.82) is 0 Å². The smallest absolute Gasteiger partial charge is 0.453 e. The van der Waals surface area contributed by atoms with Gasteiger partial charge >= 0.3 is 13.2 Å². The highest BCUT2D eigenvalue weighted by atomic mass is 16.7. The molecule has 2 amide bonds. The molecule has 42 heavy (non-hydrogen) atoms. The Bertz CT molecular complexity index is 1500. The number of ether oxygens (including phenoxy) is 1. The molecule has 10 heteroatoms. The molecular weight excluding hydrogens is 531 g/mol. The summed E-state index contributed by atoms with van der Waals surface area (Å²) >= 11 is 0. The number of nitrogens with one attached hydrogen (secondary N) is 2. The van der Waals surface area contributed by atoms with Gasteiger partial charge in [0.15, 0.2) is 0 Å². The number of aromatic amines is 1. The number of nitrogens with zero attached hydrogens (tertiary/aromatic N) is 2. The molecule has 1 aliphatic carbocycles. The fourth-order valence-corrected chi connectivity index (χ4v) is 7.00. The van der Waals surface area contributed by atoms with Gasteiger partial charge < -0.3 is 29.2 Å². The van der Waals surface area contributed by atoms with Crippen LogP contribution >= 0.6 is 0 Å². The van der Waals surface area contributed by atoms with Crippen molar-refractivity contribution < 1.29 is 23.6 Å². The topological polar surface area (TPSA) is 106 Å². The molecule has 3 aliphatic rings. The van der Waals surface area contributed by atoms with Crippen LogP contribution in [0.25, 0.3) is 21.8 Å². The number of rotatable bonds is 5. The van der Waals surface area contributed by atoms with Crippen LogP contribution in [0.15, 0.2) is 30.3 Å². The van der Waals surface area contributed by atoms with Crippen molar-refractivity contribution in [3.05, 3.63) is 36.2 Å². The third kappa shape index (κ3) is 4.86. The molecule has 2 aliphatic heterocycles. The first-order chi connectivity index (χ1) is 19.9. The van der Waals surface area contributed by atoms with Gasteiger partial charge in [-0.25, -0.2) is 9.78 Å². The Morgan fingerprint density at radius 3 is 2.50 bits per heavy atom. The summed E-state index contributed by atoms with van der Waals surface area (Å²) in [7, 11) is 0.892. The van der Waals surface area contributed by atoms with Gasteiger partial charge in [0.05, 0.1) is 35.4 Å². The minimum Gasteiger partial charge on any atom is -0.453 e. The van der Waals surface area contributed by atoms with Gasteiger partial charge in [0.2, 0.25) is 5.91 Å². The maximum atomic E-state index is 14.1. The van der Waals surface area contributed by atoms with E-state index in [1.807, 2.05) is 18.7 Å². The molecule has 2 aromatic carbocycles. The van der Waals surface area contributed by atoms with Crippen LogP contribution in [0, 0.1) is 11.8 Å². The van der Waals surface area contributed by atoms with Gasteiger partial charge in [-0.05, 0) is 75.7 Å². The molecule has 6 rings (SSSR count). The minimum atomic E-state index is -0.667. The molecule has 224 valence electrons. The van der Waals surface area contributed by atoms with Crippen LogP contribution in [0.1, 0.15) is 85.5 Å². The summed E-state index contributed by atoms with van der Waals surface area (Å²) in [5.74, 6) is 1.08. The number of likely N-dealkylation sites (tertiary alicyclic amines) is 1. The highest BCUT2D eigenvalue weighted by molar-refractivity contribution is 6.62. The number of benzene rings is 2. The molecule has 0 spiro atoms. The van der Waals surface area contributed by atoms with E-state index < -0.39 is 30.5 Å². The Morgan fingerprint density at radius 1 is 1.10 bits per heavy atom. The van der Waals surface area contributed by atoms with Gasteiger partial charge in [-0.15, -0.1) is 0 Å². The van der Waals surface area contributed by atoms with E-state index in [4.69, 9.17) is 19.0 Å². The van der Waals surface area contributed by atoms with E-state index in [-0.39, 0.29) is 23.9 Å². The zero-order chi connectivity index (χ0) is 30.0. The van der Waals surface area contributed by atoms with Gasteiger partial charge in [-0.3, -0.25) is 4.79 Å². The van der Waals surface area contributed by atoms with E-state index in [1.54, 1.807) is 0 Å². The average Bonchev–Trinajstić information content (AvgIpc) is 3.61. The summed E-state index contributed by atoms with van der Waals surface area (Å²) in [6.45, 7) is 12.1. The van der Waals surface area contributed by atoms with Gasteiger partial charge in [0.25, 0.3) is 0 Å². The molecule has 3 fully saturated rings. The molecule has 2 N–H and O–H groups in total. The molecule has 1 saturated carbocycles. The Labute approximate surface area is 248 Å². The van der Waals surface area contributed by atoms with Crippen molar-refractivity contribution in [1.82, 2.24) is 20.2 Å². The first kappa shape index (κ1) is 29.0. The number of imidazole rings is 1. The van der Waals surface area contributed by atoms with Crippen LogP contribution in [0.5, 0.6) is 0 Å². The van der Waals surface area contributed by atoms with Crippen molar-refractivity contribution in [3.63, 3.8) is 0 Å². The highest BCUT2D eigenvalue weighted by Gasteiger charge is 2.52. The van der Waals surface area contributed by atoms with Gasteiger partial charge in [0, 0.05) is 11.4 Å². The SMILES string of the molecule is COC(=O)N[C@H](C(=O)N1[C@H](c2nc3c(ccc4cc(B5OC(C)(C)C(C)(C)O5)ccc43)[nH]2)C[C@@H]2CCCC[C@@H]21)C(C)C. The Kier molecular flexibility index (Phi) is 7.29. The van der Waals surface area contributed by atoms with Crippen LogP contribution in [-0.4, -0.2) is 64.4 Å². The maximum absolute atomic E-state index is 14.1. The number of amides is 2. The number of carbonyl (C=O) groups is 2. The van der Waals surface area contributed by atoms with Crippen LogP contribution in [-0.2, 0) is 18.8 Å². The van der Waals surface area contributed by atoms with E-state index in [2.05, 4.69) is 68.3 Å². The lowest BCUT2D eigenvalue weighted by Gasteiger charge is -2.36. The lowest BCUT2D eigenvalue weighted by atomic mass is 9.78. The summed E-state index contributed by atoms with van der Waals surface area (Å²) in [5.41, 5.74) is 1.99. The van der Waals surface area contributed by atoms with Crippen molar-refractivity contribution >= 4 is 46.4 Å². The molecular formula is C32H43BN4O5. The summed E-state index contributed by atoms with van der Waals surface area (Å²) in [6, 6.07) is 9.73. The van der Waals surface area contributed by atoms with Gasteiger partial charge in [-0.2, -0.15) is 0 Å². The molecule has 9 nitrogen and oxygen atoms in total. The van der Waals surface area contributed by atoms with Gasteiger partial charge in [0.1, 0.15) is 11.9 Å². The number of hydrogen-bond acceptors (Lipinski definition) is 6. The van der Waals surface area contributed by atoms with Crippen molar-refractivity contribution in [2.45, 2.75) is 103 Å². The largest absolute Gasteiger partial charge is 0.494 e. The maximum Gasteiger partial charge on any atom is 0.494 e. The first-order valence-corrected chi connectivity index (χ1v) is 15.3. The third-order valence-electron chi connectivity index (χ3n) is 10.1. The van der Waals surface area contributed by atoms with Crippen LogP contribution in [0.2, 0.25) is 0 Å². The van der Waals surface area contributed by atoms with Crippen LogP contribution in [0.4, 0.5) is 4.79 Å². The second kappa shape index (κ2) is 10.6. The van der Waals surface area contributed by atoms with Crippen molar-refractivity contribution in [3.8, 4) is 0 Å². The number of methoxy groups -OCH3 is 1. The Hall–Kier alpha value is -3.11. The summed E-state index contributed by atoms with van der Waals surface area (Å²) in [5, 5.41) is 4.89. The lowest BCUT2D eigenvalue weighted by Crippen LogP contribution is -2.53. The monoisotopic (exact) mass is 574 g/mol. The Balaban J connectivity index is 1.35. The lowest BCUT2D eigenvalue weighted by molar-refractivity contribution is -0.138. The molecule has 3 aromatic rings.